The molecule has 6 nitrogen and oxygen atoms in total. The van der Waals surface area contributed by atoms with Gasteiger partial charge in [-0.15, -0.1) is 0 Å². The van der Waals surface area contributed by atoms with E-state index in [-0.39, 0.29) is 17.3 Å². The van der Waals surface area contributed by atoms with E-state index in [0.29, 0.717) is 11.3 Å². The van der Waals surface area contributed by atoms with Crippen LogP contribution in [0.3, 0.4) is 0 Å². The van der Waals surface area contributed by atoms with E-state index in [4.69, 9.17) is 9.47 Å². The first-order valence-corrected chi connectivity index (χ1v) is 6.44. The third-order valence-electron chi connectivity index (χ3n) is 2.20. The zero-order valence-corrected chi connectivity index (χ0v) is 10.7. The van der Waals surface area contributed by atoms with Gasteiger partial charge in [0, 0.05) is 11.6 Å². The molecule has 0 aliphatic rings. The Morgan fingerprint density at radius 3 is 2.41 bits per heavy atom. The van der Waals surface area contributed by atoms with E-state index in [1.165, 1.54) is 33.4 Å². The number of phenolic OH excluding ortho intramolecular Hbond substituents is 1. The number of phenols is 1. The molecule has 0 aromatic heterocycles. The van der Waals surface area contributed by atoms with Gasteiger partial charge in [0.05, 0.1) is 20.0 Å². The number of rotatable bonds is 5. The molecule has 0 spiro atoms. The highest BCUT2D eigenvalue weighted by Gasteiger charge is 2.17. The lowest BCUT2D eigenvalue weighted by atomic mass is 10.2. The summed E-state index contributed by atoms with van der Waals surface area (Å²) in [7, 11) is 0.695. The average Bonchev–Trinajstić information content (AvgIpc) is 2.27. The van der Waals surface area contributed by atoms with Crippen LogP contribution in [-0.2, 0) is 15.8 Å². The monoisotopic (exact) mass is 261 g/mol. The fourth-order valence-electron chi connectivity index (χ4n) is 1.41. The molecule has 0 radical (unpaired) electrons. The molecule has 0 atom stereocenters. The molecule has 0 saturated heterocycles. The molecule has 0 aliphatic carbocycles. The van der Waals surface area contributed by atoms with Gasteiger partial charge >= 0.3 is 0 Å². The van der Waals surface area contributed by atoms with Gasteiger partial charge in [0.15, 0.2) is 11.5 Å². The Bertz CT molecular complexity index is 498. The van der Waals surface area contributed by atoms with Crippen LogP contribution < -0.4 is 14.2 Å². The smallest absolute Gasteiger partial charge is 0.215 e. The van der Waals surface area contributed by atoms with E-state index in [1.807, 2.05) is 0 Å². The maximum Gasteiger partial charge on any atom is 0.215 e. The van der Waals surface area contributed by atoms with Crippen LogP contribution >= 0.6 is 0 Å². The Kier molecular flexibility index (Phi) is 4.19. The molecule has 0 fully saturated rings. The van der Waals surface area contributed by atoms with Crippen molar-refractivity contribution in [3.8, 4) is 17.2 Å². The van der Waals surface area contributed by atoms with Crippen molar-refractivity contribution >= 4 is 10.0 Å². The molecule has 7 heteroatoms. The number of ether oxygens (including phenoxy) is 2. The molecule has 0 bridgehead atoms. The van der Waals surface area contributed by atoms with Gasteiger partial charge in [-0.2, -0.15) is 0 Å². The highest BCUT2D eigenvalue weighted by atomic mass is 32.2. The Labute approximate surface area is 100 Å². The van der Waals surface area contributed by atoms with Crippen LogP contribution in [0.2, 0.25) is 0 Å². The summed E-state index contributed by atoms with van der Waals surface area (Å²) in [5.74, 6) is 0.208. The lowest BCUT2D eigenvalue weighted by Gasteiger charge is -2.13. The second kappa shape index (κ2) is 5.24. The van der Waals surface area contributed by atoms with E-state index >= 15 is 0 Å². The standard InChI is InChI=1S/C10H15NO5S/c1-11-17(13,14)6-7-4-8(12)5-9(15-2)10(7)16-3/h4-5,11-12H,6H2,1-3H3. The van der Waals surface area contributed by atoms with Gasteiger partial charge in [-0.1, -0.05) is 0 Å². The second-order valence-electron chi connectivity index (χ2n) is 3.30. The molecule has 2 N–H and O–H groups in total. The molecule has 0 aliphatic heterocycles. The van der Waals surface area contributed by atoms with Crippen LogP contribution in [-0.4, -0.2) is 34.8 Å². The van der Waals surface area contributed by atoms with Gasteiger partial charge in [-0.25, -0.2) is 13.1 Å². The third-order valence-corrected chi connectivity index (χ3v) is 3.51. The molecule has 17 heavy (non-hydrogen) atoms. The SMILES string of the molecule is CNS(=O)(=O)Cc1cc(O)cc(OC)c1OC. The zero-order valence-electron chi connectivity index (χ0n) is 9.85. The molecule has 0 saturated carbocycles. The van der Waals surface area contributed by atoms with Crippen molar-refractivity contribution in [1.29, 1.82) is 0 Å². The topological polar surface area (TPSA) is 84.9 Å². The number of hydrogen-bond acceptors (Lipinski definition) is 5. The van der Waals surface area contributed by atoms with Crippen LogP contribution in [0.15, 0.2) is 12.1 Å². The minimum atomic E-state index is -3.44. The van der Waals surface area contributed by atoms with Gasteiger partial charge < -0.3 is 14.6 Å². The molecule has 96 valence electrons. The fourth-order valence-corrected chi connectivity index (χ4v) is 2.18. The molecule has 1 rings (SSSR count). The fraction of sp³-hybridized carbons (Fsp3) is 0.400. The first-order valence-electron chi connectivity index (χ1n) is 4.78. The largest absolute Gasteiger partial charge is 0.508 e. The summed E-state index contributed by atoms with van der Waals surface area (Å²) in [6.07, 6.45) is 0. The van der Waals surface area contributed by atoms with Gasteiger partial charge in [0.25, 0.3) is 0 Å². The summed E-state index contributed by atoms with van der Waals surface area (Å²) in [4.78, 5) is 0. The number of hydrogen-bond donors (Lipinski definition) is 2. The highest BCUT2D eigenvalue weighted by molar-refractivity contribution is 7.88. The van der Waals surface area contributed by atoms with Crippen LogP contribution in [0, 0.1) is 0 Å². The number of nitrogens with one attached hydrogen (secondary N) is 1. The first kappa shape index (κ1) is 13.6. The Morgan fingerprint density at radius 2 is 1.94 bits per heavy atom. The van der Waals surface area contributed by atoms with Crippen LogP contribution in [0.4, 0.5) is 0 Å². The van der Waals surface area contributed by atoms with E-state index < -0.39 is 10.0 Å². The van der Waals surface area contributed by atoms with E-state index in [2.05, 4.69) is 4.72 Å². The van der Waals surface area contributed by atoms with Gasteiger partial charge in [0.1, 0.15) is 5.75 Å². The summed E-state index contributed by atoms with van der Waals surface area (Å²) in [5, 5.41) is 9.46. The lowest BCUT2D eigenvalue weighted by molar-refractivity contribution is 0.349. The Balaban J connectivity index is 3.27. The molecular weight excluding hydrogens is 246 g/mol. The quantitative estimate of drug-likeness (QED) is 0.804. The van der Waals surface area contributed by atoms with Crippen molar-refractivity contribution in [2.75, 3.05) is 21.3 Å². The Hall–Kier alpha value is -1.47. The predicted molar refractivity (Wildman–Crippen MR) is 62.9 cm³/mol. The first-order chi connectivity index (χ1) is 7.93. The number of sulfonamides is 1. The molecule has 0 amide bonds. The normalized spacial score (nSPS) is 11.2. The molecule has 0 unspecified atom stereocenters. The third kappa shape index (κ3) is 3.24. The minimum absolute atomic E-state index is 0.0797. The van der Waals surface area contributed by atoms with Crippen molar-refractivity contribution in [3.05, 3.63) is 17.7 Å². The highest BCUT2D eigenvalue weighted by Crippen LogP contribution is 2.35. The van der Waals surface area contributed by atoms with Crippen molar-refractivity contribution in [1.82, 2.24) is 4.72 Å². The summed E-state index contributed by atoms with van der Waals surface area (Å²) in [6, 6.07) is 2.69. The zero-order chi connectivity index (χ0) is 13.1. The van der Waals surface area contributed by atoms with Crippen molar-refractivity contribution in [2.45, 2.75) is 5.75 Å². The summed E-state index contributed by atoms with van der Waals surface area (Å²) in [5.41, 5.74) is 0.332. The lowest BCUT2D eigenvalue weighted by Crippen LogP contribution is -2.20. The maximum atomic E-state index is 11.5. The van der Waals surface area contributed by atoms with Crippen molar-refractivity contribution < 1.29 is 23.0 Å². The average molecular weight is 261 g/mol. The van der Waals surface area contributed by atoms with Crippen LogP contribution in [0.25, 0.3) is 0 Å². The predicted octanol–water partition coefficient (Wildman–Crippen LogP) is 0.459. The second-order valence-corrected chi connectivity index (χ2v) is 5.23. The summed E-state index contributed by atoms with van der Waals surface area (Å²) in [6.45, 7) is 0. The van der Waals surface area contributed by atoms with E-state index in [9.17, 15) is 13.5 Å². The molecular formula is C10H15NO5S. The molecule has 0 heterocycles. The van der Waals surface area contributed by atoms with Gasteiger partial charge in [-0.05, 0) is 13.1 Å². The van der Waals surface area contributed by atoms with Gasteiger partial charge in [0.2, 0.25) is 10.0 Å². The Morgan fingerprint density at radius 1 is 1.29 bits per heavy atom. The summed E-state index contributed by atoms with van der Waals surface area (Å²) >= 11 is 0. The summed E-state index contributed by atoms with van der Waals surface area (Å²) < 4.78 is 35.2. The van der Waals surface area contributed by atoms with Crippen LogP contribution in [0.5, 0.6) is 17.2 Å². The van der Waals surface area contributed by atoms with Crippen LogP contribution in [0.1, 0.15) is 5.56 Å². The molecule has 1 aromatic carbocycles. The minimum Gasteiger partial charge on any atom is -0.508 e. The number of aromatic hydroxyl groups is 1. The number of methoxy groups -OCH3 is 2. The van der Waals surface area contributed by atoms with E-state index in [1.54, 1.807) is 0 Å². The van der Waals surface area contributed by atoms with Gasteiger partial charge in [-0.3, -0.25) is 0 Å². The van der Waals surface area contributed by atoms with Crippen molar-refractivity contribution in [2.24, 2.45) is 0 Å². The molecule has 1 aromatic rings. The van der Waals surface area contributed by atoms with Crippen molar-refractivity contribution in [3.63, 3.8) is 0 Å². The maximum absolute atomic E-state index is 11.5. The number of benzene rings is 1. The van der Waals surface area contributed by atoms with E-state index in [0.717, 1.165) is 0 Å².